The summed E-state index contributed by atoms with van der Waals surface area (Å²) in [7, 11) is 0. The van der Waals surface area contributed by atoms with E-state index in [0.717, 1.165) is 24.7 Å². The van der Waals surface area contributed by atoms with Crippen LogP contribution in [0.3, 0.4) is 0 Å². The van der Waals surface area contributed by atoms with Gasteiger partial charge >= 0.3 is 0 Å². The van der Waals surface area contributed by atoms with E-state index in [-0.39, 0.29) is 0 Å². The van der Waals surface area contributed by atoms with Crippen molar-refractivity contribution in [1.29, 1.82) is 0 Å². The lowest BCUT2D eigenvalue weighted by atomic mass is 9.76. The smallest absolute Gasteiger partial charge is 0.132 e. The van der Waals surface area contributed by atoms with Crippen molar-refractivity contribution in [3.8, 4) is 0 Å². The van der Waals surface area contributed by atoms with Crippen molar-refractivity contribution in [3.05, 3.63) is 0 Å². The largest absolute Gasteiger partial charge is 0.300 e. The van der Waals surface area contributed by atoms with Gasteiger partial charge in [-0.05, 0) is 24.7 Å². The van der Waals surface area contributed by atoms with E-state index in [1.54, 1.807) is 0 Å². The standard InChI is InChI=1S/C13H24O/c1-3-5-11(6-4-2)12-7-9-13(14)10-8-12/h11-12H,3-10H2,1-2H3. The van der Waals surface area contributed by atoms with E-state index in [1.807, 2.05) is 0 Å². The molecule has 0 unspecified atom stereocenters. The number of hydrogen-bond donors (Lipinski definition) is 0. The molecule has 1 nitrogen and oxygen atoms in total. The lowest BCUT2D eigenvalue weighted by Crippen LogP contribution is -2.21. The number of carbonyl (C=O) groups excluding carboxylic acids is 1. The molecule has 0 radical (unpaired) electrons. The molecule has 0 saturated heterocycles. The predicted octanol–water partition coefficient (Wildman–Crippen LogP) is 3.96. The van der Waals surface area contributed by atoms with Crippen molar-refractivity contribution in [3.63, 3.8) is 0 Å². The Morgan fingerprint density at radius 2 is 1.64 bits per heavy atom. The number of ketones is 1. The lowest BCUT2D eigenvalue weighted by molar-refractivity contribution is -0.121. The van der Waals surface area contributed by atoms with E-state index in [9.17, 15) is 4.79 Å². The number of hydrogen-bond acceptors (Lipinski definition) is 1. The maximum Gasteiger partial charge on any atom is 0.132 e. The fraction of sp³-hybridized carbons (Fsp3) is 0.923. The van der Waals surface area contributed by atoms with Crippen molar-refractivity contribution in [1.82, 2.24) is 0 Å². The van der Waals surface area contributed by atoms with Gasteiger partial charge in [0.25, 0.3) is 0 Å². The Kier molecular flexibility index (Phi) is 5.21. The molecule has 1 saturated carbocycles. The Hall–Kier alpha value is -0.330. The molecule has 0 bridgehead atoms. The number of carbonyl (C=O) groups is 1. The van der Waals surface area contributed by atoms with Crippen LogP contribution in [-0.4, -0.2) is 5.78 Å². The van der Waals surface area contributed by atoms with E-state index in [4.69, 9.17) is 0 Å². The average Bonchev–Trinajstić information content (AvgIpc) is 2.19. The molecule has 0 aromatic carbocycles. The third kappa shape index (κ3) is 3.43. The highest BCUT2D eigenvalue weighted by Crippen LogP contribution is 2.33. The summed E-state index contributed by atoms with van der Waals surface area (Å²) >= 11 is 0. The summed E-state index contributed by atoms with van der Waals surface area (Å²) in [4.78, 5) is 11.1. The second-order valence-electron chi connectivity index (χ2n) is 4.71. The highest BCUT2D eigenvalue weighted by Gasteiger charge is 2.25. The minimum atomic E-state index is 0.494. The summed E-state index contributed by atoms with van der Waals surface area (Å²) in [5, 5.41) is 0. The highest BCUT2D eigenvalue weighted by molar-refractivity contribution is 5.79. The zero-order valence-corrected chi connectivity index (χ0v) is 9.72. The summed E-state index contributed by atoms with van der Waals surface area (Å²) < 4.78 is 0. The predicted molar refractivity (Wildman–Crippen MR) is 60.3 cm³/mol. The van der Waals surface area contributed by atoms with Crippen LogP contribution in [-0.2, 0) is 4.79 Å². The highest BCUT2D eigenvalue weighted by atomic mass is 16.1. The monoisotopic (exact) mass is 196 g/mol. The van der Waals surface area contributed by atoms with Gasteiger partial charge in [0, 0.05) is 12.8 Å². The number of Topliss-reactive ketones (excluding diaryl/α,β-unsaturated/α-hetero) is 1. The van der Waals surface area contributed by atoms with Gasteiger partial charge in [0.05, 0.1) is 0 Å². The SMILES string of the molecule is CCCC(CCC)C1CCC(=O)CC1. The van der Waals surface area contributed by atoms with Crippen LogP contribution in [0.15, 0.2) is 0 Å². The van der Waals surface area contributed by atoms with Gasteiger partial charge in [0.15, 0.2) is 0 Å². The van der Waals surface area contributed by atoms with Crippen molar-refractivity contribution >= 4 is 5.78 Å². The normalized spacial score (nSPS) is 19.2. The van der Waals surface area contributed by atoms with Crippen molar-refractivity contribution < 1.29 is 4.79 Å². The molecule has 1 fully saturated rings. The van der Waals surface area contributed by atoms with E-state index in [2.05, 4.69) is 13.8 Å². The summed E-state index contributed by atoms with van der Waals surface area (Å²) in [6.07, 6.45) is 9.39. The zero-order chi connectivity index (χ0) is 10.4. The van der Waals surface area contributed by atoms with Crippen LogP contribution < -0.4 is 0 Å². The van der Waals surface area contributed by atoms with Crippen molar-refractivity contribution in [2.75, 3.05) is 0 Å². The van der Waals surface area contributed by atoms with Crippen LogP contribution in [0.25, 0.3) is 0 Å². The number of rotatable bonds is 5. The van der Waals surface area contributed by atoms with Gasteiger partial charge in [-0.15, -0.1) is 0 Å². The molecular formula is C13H24O. The van der Waals surface area contributed by atoms with Crippen LogP contribution in [0.1, 0.15) is 65.2 Å². The molecule has 0 atom stereocenters. The van der Waals surface area contributed by atoms with Crippen LogP contribution in [0, 0.1) is 11.8 Å². The molecule has 1 aliphatic carbocycles. The van der Waals surface area contributed by atoms with Crippen LogP contribution in [0.5, 0.6) is 0 Å². The molecule has 0 heterocycles. The summed E-state index contributed by atoms with van der Waals surface area (Å²) in [5.41, 5.74) is 0. The molecule has 1 heteroatoms. The third-order valence-electron chi connectivity index (χ3n) is 3.57. The van der Waals surface area contributed by atoms with Gasteiger partial charge < -0.3 is 0 Å². The second-order valence-corrected chi connectivity index (χ2v) is 4.71. The first-order chi connectivity index (χ1) is 6.77. The molecule has 14 heavy (non-hydrogen) atoms. The molecule has 0 aliphatic heterocycles. The Labute approximate surface area is 88.3 Å². The van der Waals surface area contributed by atoms with Gasteiger partial charge in [0.2, 0.25) is 0 Å². The molecule has 1 aliphatic rings. The Balaban J connectivity index is 2.38. The van der Waals surface area contributed by atoms with Crippen LogP contribution in [0.2, 0.25) is 0 Å². The molecule has 82 valence electrons. The van der Waals surface area contributed by atoms with Gasteiger partial charge in [-0.1, -0.05) is 39.5 Å². The average molecular weight is 196 g/mol. The summed E-state index contributed by atoms with van der Waals surface area (Å²) in [6.45, 7) is 4.55. The lowest BCUT2D eigenvalue weighted by Gasteiger charge is -2.29. The van der Waals surface area contributed by atoms with Gasteiger partial charge in [-0.3, -0.25) is 4.79 Å². The second kappa shape index (κ2) is 6.21. The zero-order valence-electron chi connectivity index (χ0n) is 9.72. The minimum Gasteiger partial charge on any atom is -0.300 e. The first kappa shape index (κ1) is 11.7. The van der Waals surface area contributed by atoms with Gasteiger partial charge in [-0.25, -0.2) is 0 Å². The molecule has 0 amide bonds. The maximum absolute atomic E-state index is 11.1. The fourth-order valence-electron chi connectivity index (χ4n) is 2.79. The molecule has 0 spiro atoms. The Morgan fingerprint density at radius 1 is 1.14 bits per heavy atom. The Morgan fingerprint density at radius 3 is 2.07 bits per heavy atom. The van der Waals surface area contributed by atoms with E-state index >= 15 is 0 Å². The molecule has 0 N–H and O–H groups in total. The van der Waals surface area contributed by atoms with E-state index in [0.29, 0.717) is 5.78 Å². The van der Waals surface area contributed by atoms with Crippen molar-refractivity contribution in [2.45, 2.75) is 65.2 Å². The first-order valence-electron chi connectivity index (χ1n) is 6.29. The maximum atomic E-state index is 11.1. The molecule has 0 aromatic heterocycles. The summed E-state index contributed by atoms with van der Waals surface area (Å²) in [6, 6.07) is 0. The van der Waals surface area contributed by atoms with Crippen LogP contribution >= 0.6 is 0 Å². The molecular weight excluding hydrogens is 172 g/mol. The van der Waals surface area contributed by atoms with E-state index < -0.39 is 0 Å². The van der Waals surface area contributed by atoms with Gasteiger partial charge in [0.1, 0.15) is 5.78 Å². The fourth-order valence-corrected chi connectivity index (χ4v) is 2.79. The van der Waals surface area contributed by atoms with Crippen LogP contribution in [0.4, 0.5) is 0 Å². The van der Waals surface area contributed by atoms with E-state index in [1.165, 1.54) is 38.5 Å². The topological polar surface area (TPSA) is 17.1 Å². The van der Waals surface area contributed by atoms with Crippen molar-refractivity contribution in [2.24, 2.45) is 11.8 Å². The Bertz CT molecular complexity index is 158. The third-order valence-corrected chi connectivity index (χ3v) is 3.57. The minimum absolute atomic E-state index is 0.494. The van der Waals surface area contributed by atoms with Gasteiger partial charge in [-0.2, -0.15) is 0 Å². The summed E-state index contributed by atoms with van der Waals surface area (Å²) in [5.74, 6) is 2.25. The first-order valence-corrected chi connectivity index (χ1v) is 6.29. The quantitative estimate of drug-likeness (QED) is 0.650. The molecule has 1 rings (SSSR count). The molecule has 0 aromatic rings.